The van der Waals surface area contributed by atoms with Gasteiger partial charge in [-0.3, -0.25) is 4.79 Å². The van der Waals surface area contributed by atoms with E-state index in [0.717, 1.165) is 31.4 Å². The number of likely N-dealkylation sites (tertiary alicyclic amines) is 1. The highest BCUT2D eigenvalue weighted by Gasteiger charge is 2.31. The molecule has 0 bridgehead atoms. The fourth-order valence-electron chi connectivity index (χ4n) is 3.70. The van der Waals surface area contributed by atoms with Gasteiger partial charge in [0.15, 0.2) is 6.04 Å². The van der Waals surface area contributed by atoms with E-state index in [9.17, 15) is 9.18 Å². The third kappa shape index (κ3) is 4.01. The lowest BCUT2D eigenvalue weighted by Crippen LogP contribution is -3.17. The summed E-state index contributed by atoms with van der Waals surface area (Å²) in [6.45, 7) is 3.88. The maximum Gasteiger partial charge on any atom is 0.282 e. The Balaban J connectivity index is 1.35. The number of hydrogen-bond acceptors (Lipinski definition) is 3. The summed E-state index contributed by atoms with van der Waals surface area (Å²) < 4.78 is 14.2. The molecule has 140 valence electrons. The average molecular weight is 385 g/mol. The number of carbonyl (C=O) groups is 1. The van der Waals surface area contributed by atoms with E-state index < -0.39 is 0 Å². The number of fused-ring (bicyclic) bond motifs is 1. The molecule has 0 aliphatic carbocycles. The summed E-state index contributed by atoms with van der Waals surface area (Å²) in [5.41, 5.74) is 1.72. The third-order valence-corrected chi connectivity index (χ3v) is 6.60. The first-order chi connectivity index (χ1) is 13.1. The van der Waals surface area contributed by atoms with Crippen LogP contribution in [0.15, 0.2) is 48.5 Å². The quantitative estimate of drug-likeness (QED) is 0.726. The van der Waals surface area contributed by atoms with Crippen molar-refractivity contribution in [2.24, 2.45) is 0 Å². The predicted octanol–water partition coefficient (Wildman–Crippen LogP) is 3.22. The van der Waals surface area contributed by atoms with E-state index in [2.05, 4.69) is 23.5 Å². The number of anilines is 1. The van der Waals surface area contributed by atoms with E-state index in [1.165, 1.54) is 26.7 Å². The molecule has 2 aromatic carbocycles. The molecule has 0 unspecified atom stereocenters. The molecular weight excluding hydrogens is 361 g/mol. The smallest absolute Gasteiger partial charge is 0.282 e. The Morgan fingerprint density at radius 3 is 2.59 bits per heavy atom. The third-order valence-electron chi connectivity index (χ3n) is 5.40. The van der Waals surface area contributed by atoms with Crippen molar-refractivity contribution in [3.63, 3.8) is 0 Å². The number of aromatic nitrogens is 1. The highest BCUT2D eigenvalue weighted by atomic mass is 32.1. The summed E-state index contributed by atoms with van der Waals surface area (Å²) in [4.78, 5) is 18.6. The topological polar surface area (TPSA) is 46.4 Å². The van der Waals surface area contributed by atoms with Gasteiger partial charge in [0, 0.05) is 24.4 Å². The van der Waals surface area contributed by atoms with Gasteiger partial charge >= 0.3 is 0 Å². The number of nitrogens with one attached hydrogen (secondary N) is 2. The van der Waals surface area contributed by atoms with Crippen molar-refractivity contribution in [1.82, 2.24) is 4.98 Å². The molecule has 2 heterocycles. The van der Waals surface area contributed by atoms with E-state index in [0.29, 0.717) is 11.6 Å². The van der Waals surface area contributed by atoms with Gasteiger partial charge < -0.3 is 10.2 Å². The minimum Gasteiger partial charge on any atom is -0.325 e. The molecule has 4 nitrogen and oxygen atoms in total. The van der Waals surface area contributed by atoms with Crippen LogP contribution >= 0.6 is 11.3 Å². The molecule has 1 aliphatic heterocycles. The van der Waals surface area contributed by atoms with Crippen molar-refractivity contribution in [3.05, 3.63) is 59.4 Å². The zero-order valence-corrected chi connectivity index (χ0v) is 16.1. The minimum absolute atomic E-state index is 0.0185. The van der Waals surface area contributed by atoms with Gasteiger partial charge in [-0.1, -0.05) is 12.1 Å². The molecule has 1 aromatic heterocycles. The second-order valence-corrected chi connectivity index (χ2v) is 8.23. The first-order valence-corrected chi connectivity index (χ1v) is 10.2. The van der Waals surface area contributed by atoms with Crippen molar-refractivity contribution < 1.29 is 14.1 Å². The van der Waals surface area contributed by atoms with Crippen molar-refractivity contribution >= 4 is 33.1 Å². The number of piperidine rings is 1. The number of quaternary nitrogens is 1. The zero-order valence-electron chi connectivity index (χ0n) is 15.2. The summed E-state index contributed by atoms with van der Waals surface area (Å²) in [7, 11) is 0. The SMILES string of the molecule is C[C@H](C(=O)Nc1ccc(F)cc1)[NH+]1CCC(c2nc3ccccc3s2)CC1. The number of carbonyl (C=O) groups excluding carboxylic acids is 1. The minimum atomic E-state index is -0.302. The molecule has 1 aliphatic rings. The molecule has 0 spiro atoms. The Bertz CT molecular complexity index is 899. The van der Waals surface area contributed by atoms with Crippen LogP contribution in [0.2, 0.25) is 0 Å². The van der Waals surface area contributed by atoms with Gasteiger partial charge in [0.25, 0.3) is 5.91 Å². The summed E-state index contributed by atoms with van der Waals surface area (Å²) in [6.07, 6.45) is 2.09. The molecule has 2 N–H and O–H groups in total. The molecule has 1 fully saturated rings. The highest BCUT2D eigenvalue weighted by molar-refractivity contribution is 7.18. The maximum atomic E-state index is 13.0. The lowest BCUT2D eigenvalue weighted by atomic mass is 9.96. The predicted molar refractivity (Wildman–Crippen MR) is 107 cm³/mol. The maximum absolute atomic E-state index is 13.0. The average Bonchev–Trinajstić information content (AvgIpc) is 3.13. The van der Waals surface area contributed by atoms with Crippen LogP contribution in [0.25, 0.3) is 10.2 Å². The Hall–Kier alpha value is -2.31. The number of amides is 1. The number of rotatable bonds is 4. The van der Waals surface area contributed by atoms with Crippen molar-refractivity contribution in [1.29, 1.82) is 0 Å². The van der Waals surface area contributed by atoms with Crippen LogP contribution in [-0.2, 0) is 4.79 Å². The number of hydrogen-bond donors (Lipinski definition) is 2. The molecule has 1 amide bonds. The summed E-state index contributed by atoms with van der Waals surface area (Å²) >= 11 is 1.79. The molecule has 6 heteroatoms. The van der Waals surface area contributed by atoms with Crippen LogP contribution in [0, 0.1) is 5.82 Å². The molecule has 1 atom stereocenters. The fourth-order valence-corrected chi connectivity index (χ4v) is 4.84. The zero-order chi connectivity index (χ0) is 18.8. The second-order valence-electron chi connectivity index (χ2n) is 7.17. The molecule has 4 rings (SSSR count). The van der Waals surface area contributed by atoms with Gasteiger partial charge in [-0.05, 0) is 43.3 Å². The monoisotopic (exact) mass is 384 g/mol. The van der Waals surface area contributed by atoms with Gasteiger partial charge in [-0.25, -0.2) is 9.37 Å². The molecule has 0 saturated carbocycles. The van der Waals surface area contributed by atoms with Crippen molar-refractivity contribution in [2.45, 2.75) is 31.7 Å². The van der Waals surface area contributed by atoms with Crippen LogP contribution in [0.3, 0.4) is 0 Å². The van der Waals surface area contributed by atoms with Gasteiger partial charge in [-0.15, -0.1) is 11.3 Å². The Kier molecular flexibility index (Phi) is 5.18. The number of halogens is 1. The van der Waals surface area contributed by atoms with E-state index in [-0.39, 0.29) is 17.8 Å². The largest absolute Gasteiger partial charge is 0.325 e. The van der Waals surface area contributed by atoms with Gasteiger partial charge in [0.2, 0.25) is 0 Å². The number of benzene rings is 2. The van der Waals surface area contributed by atoms with Crippen LogP contribution in [0.1, 0.15) is 30.7 Å². The lowest BCUT2D eigenvalue weighted by molar-refractivity contribution is -0.919. The number of nitrogens with zero attached hydrogens (tertiary/aromatic N) is 1. The molecule has 3 aromatic rings. The van der Waals surface area contributed by atoms with E-state index in [4.69, 9.17) is 4.98 Å². The second kappa shape index (κ2) is 7.74. The number of para-hydroxylation sites is 1. The summed E-state index contributed by atoms with van der Waals surface area (Å²) in [5, 5.41) is 4.11. The molecule has 1 saturated heterocycles. The van der Waals surface area contributed by atoms with Crippen molar-refractivity contribution in [2.75, 3.05) is 18.4 Å². The van der Waals surface area contributed by atoms with Crippen molar-refractivity contribution in [3.8, 4) is 0 Å². The Labute approximate surface area is 162 Å². The first kappa shape index (κ1) is 18.1. The first-order valence-electron chi connectivity index (χ1n) is 9.36. The lowest BCUT2D eigenvalue weighted by Gasteiger charge is -2.31. The Morgan fingerprint density at radius 1 is 1.19 bits per heavy atom. The number of thiazole rings is 1. The summed E-state index contributed by atoms with van der Waals surface area (Å²) in [6, 6.07) is 14.0. The highest BCUT2D eigenvalue weighted by Crippen LogP contribution is 2.31. The normalized spacial score (nSPS) is 21.1. The van der Waals surface area contributed by atoms with Gasteiger partial charge in [0.1, 0.15) is 5.82 Å². The van der Waals surface area contributed by atoms with Crippen LogP contribution in [-0.4, -0.2) is 30.0 Å². The van der Waals surface area contributed by atoms with E-state index in [1.54, 1.807) is 23.5 Å². The van der Waals surface area contributed by atoms with Crippen LogP contribution in [0.5, 0.6) is 0 Å². The standard InChI is InChI=1S/C21H22FN3OS/c1-14(20(26)23-17-8-6-16(22)7-9-17)25-12-10-15(11-13-25)21-24-18-4-2-3-5-19(18)27-21/h2-9,14-15H,10-13H2,1H3,(H,23,26)/p+1/t14-/m1/s1. The summed E-state index contributed by atoms with van der Waals surface area (Å²) in [5.74, 6) is 0.164. The van der Waals surface area contributed by atoms with E-state index >= 15 is 0 Å². The molecule has 27 heavy (non-hydrogen) atoms. The fraction of sp³-hybridized carbons (Fsp3) is 0.333. The Morgan fingerprint density at radius 2 is 1.89 bits per heavy atom. The van der Waals surface area contributed by atoms with Gasteiger partial charge in [0.05, 0.1) is 28.3 Å². The molecule has 0 radical (unpaired) electrons. The van der Waals surface area contributed by atoms with Gasteiger partial charge in [-0.2, -0.15) is 0 Å². The van der Waals surface area contributed by atoms with Crippen LogP contribution in [0.4, 0.5) is 10.1 Å². The molecular formula is C21H23FN3OS+. The van der Waals surface area contributed by atoms with E-state index in [1.807, 2.05) is 13.0 Å². The van der Waals surface area contributed by atoms with Crippen LogP contribution < -0.4 is 10.2 Å².